The molecule has 0 aromatic heterocycles. The van der Waals surface area contributed by atoms with E-state index in [2.05, 4.69) is 5.32 Å². The lowest BCUT2D eigenvalue weighted by molar-refractivity contribution is -0.141. The Hall–Kier alpha value is -3.79. The van der Waals surface area contributed by atoms with Crippen LogP contribution in [0.15, 0.2) is 78.9 Å². The van der Waals surface area contributed by atoms with Crippen LogP contribution in [0.3, 0.4) is 0 Å². The molecule has 3 aromatic carbocycles. The van der Waals surface area contributed by atoms with Gasteiger partial charge in [-0.1, -0.05) is 60.7 Å². The number of amides is 2. The molecule has 3 rings (SSSR count). The highest BCUT2D eigenvalue weighted by molar-refractivity contribution is 7.92. The second-order valence-electron chi connectivity index (χ2n) is 8.82. The molecule has 0 spiro atoms. The van der Waals surface area contributed by atoms with Gasteiger partial charge in [0.15, 0.2) is 0 Å². The molecule has 1 atom stereocenters. The second kappa shape index (κ2) is 13.1. The Morgan fingerprint density at radius 3 is 2.11 bits per heavy atom. The third-order valence-corrected chi connectivity index (χ3v) is 7.27. The van der Waals surface area contributed by atoms with Crippen LogP contribution < -0.4 is 9.62 Å². The number of carbonyl (C=O) groups is 2. The summed E-state index contributed by atoms with van der Waals surface area (Å²) in [6.45, 7) is -0.304. The Labute approximate surface area is 222 Å². The number of sulfonamides is 1. The van der Waals surface area contributed by atoms with Gasteiger partial charge in [-0.3, -0.25) is 13.9 Å². The number of nitrogens with one attached hydrogen (secondary N) is 1. The Kier molecular flexibility index (Phi) is 9.95. The maximum absolute atomic E-state index is 14.6. The Balaban J connectivity index is 1.86. The second-order valence-corrected chi connectivity index (χ2v) is 10.7. The number of benzene rings is 3. The van der Waals surface area contributed by atoms with Crippen molar-refractivity contribution in [1.82, 2.24) is 10.2 Å². The van der Waals surface area contributed by atoms with Gasteiger partial charge in [-0.05, 0) is 30.2 Å². The van der Waals surface area contributed by atoms with E-state index in [1.54, 1.807) is 12.1 Å². The molecular weight excluding hydrogens is 512 g/mol. The van der Waals surface area contributed by atoms with Gasteiger partial charge in [-0.25, -0.2) is 17.2 Å². The first-order valence-corrected chi connectivity index (χ1v) is 14.0. The smallest absolute Gasteiger partial charge is 0.242 e. The summed E-state index contributed by atoms with van der Waals surface area (Å²) in [5.41, 5.74) is 0.945. The van der Waals surface area contributed by atoms with Crippen LogP contribution in [0.2, 0.25) is 0 Å². The number of hydrogen-bond acceptors (Lipinski definition) is 4. The molecule has 0 fully saturated rings. The predicted molar refractivity (Wildman–Crippen MR) is 143 cm³/mol. The van der Waals surface area contributed by atoms with Crippen molar-refractivity contribution in [1.29, 1.82) is 0 Å². The standard InChI is InChI=1S/C28H31F2N3O4S/c1-31-28(35)26(19-21-11-4-3-5-12-21)32(20-22-13-6-7-14-23(22)29)27(34)17-10-18-33(38(2,36)37)25-16-9-8-15-24(25)30/h3-9,11-16,26H,10,17-20H2,1-2H3,(H,31,35). The zero-order valence-electron chi connectivity index (χ0n) is 21.3. The summed E-state index contributed by atoms with van der Waals surface area (Å²) in [6, 6.07) is 19.7. The molecule has 0 saturated carbocycles. The summed E-state index contributed by atoms with van der Waals surface area (Å²) in [6.07, 6.45) is 1.08. The van der Waals surface area contributed by atoms with Crippen LogP contribution in [0.25, 0.3) is 0 Å². The van der Waals surface area contributed by atoms with Crippen LogP contribution in [0.4, 0.5) is 14.5 Å². The van der Waals surface area contributed by atoms with Crippen LogP contribution in [-0.4, -0.2) is 51.0 Å². The zero-order valence-corrected chi connectivity index (χ0v) is 22.1. The molecule has 1 unspecified atom stereocenters. The fourth-order valence-corrected chi connectivity index (χ4v) is 5.13. The van der Waals surface area contributed by atoms with Gasteiger partial charge < -0.3 is 10.2 Å². The third kappa shape index (κ3) is 7.61. The normalized spacial score (nSPS) is 12.0. The fraction of sp³-hybridized carbons (Fsp3) is 0.286. The summed E-state index contributed by atoms with van der Waals surface area (Å²) in [5.74, 6) is -2.08. The van der Waals surface area contributed by atoms with Gasteiger partial charge >= 0.3 is 0 Å². The maximum Gasteiger partial charge on any atom is 0.242 e. The van der Waals surface area contributed by atoms with Gasteiger partial charge in [0.25, 0.3) is 0 Å². The largest absolute Gasteiger partial charge is 0.357 e. The van der Waals surface area contributed by atoms with Crippen molar-refractivity contribution in [3.63, 3.8) is 0 Å². The molecule has 0 aliphatic rings. The highest BCUT2D eigenvalue weighted by Gasteiger charge is 2.30. The van der Waals surface area contributed by atoms with Crippen molar-refractivity contribution >= 4 is 27.5 Å². The first-order chi connectivity index (χ1) is 18.1. The van der Waals surface area contributed by atoms with Crippen LogP contribution in [0.1, 0.15) is 24.0 Å². The van der Waals surface area contributed by atoms with Gasteiger partial charge in [0, 0.05) is 38.5 Å². The number of halogens is 2. The monoisotopic (exact) mass is 543 g/mol. The third-order valence-electron chi connectivity index (χ3n) is 6.09. The summed E-state index contributed by atoms with van der Waals surface area (Å²) in [5, 5.41) is 2.59. The molecule has 0 aliphatic carbocycles. The lowest BCUT2D eigenvalue weighted by Crippen LogP contribution is -2.50. The van der Waals surface area contributed by atoms with Crippen LogP contribution >= 0.6 is 0 Å². The van der Waals surface area contributed by atoms with Crippen molar-refractivity contribution in [2.45, 2.75) is 31.8 Å². The van der Waals surface area contributed by atoms with E-state index in [0.717, 1.165) is 22.2 Å². The molecule has 2 amide bonds. The van der Waals surface area contributed by atoms with E-state index in [1.165, 1.54) is 42.3 Å². The fourth-order valence-electron chi connectivity index (χ4n) is 4.17. The predicted octanol–water partition coefficient (Wildman–Crippen LogP) is 3.90. The number of para-hydroxylation sites is 1. The molecular formula is C28H31F2N3O4S. The lowest BCUT2D eigenvalue weighted by atomic mass is 10.0. The van der Waals surface area contributed by atoms with E-state index in [0.29, 0.717) is 0 Å². The number of nitrogens with zero attached hydrogens (tertiary/aromatic N) is 2. The highest BCUT2D eigenvalue weighted by Crippen LogP contribution is 2.23. The minimum Gasteiger partial charge on any atom is -0.357 e. The molecule has 0 heterocycles. The molecule has 1 N–H and O–H groups in total. The minimum absolute atomic E-state index is 0.0554. The molecule has 7 nitrogen and oxygen atoms in total. The van der Waals surface area contributed by atoms with E-state index < -0.39 is 39.5 Å². The molecule has 0 aliphatic heterocycles. The first-order valence-electron chi connectivity index (χ1n) is 12.1. The number of hydrogen-bond donors (Lipinski definition) is 1. The number of anilines is 1. The van der Waals surface area contributed by atoms with E-state index in [-0.39, 0.29) is 43.6 Å². The average molecular weight is 544 g/mol. The number of carbonyl (C=O) groups excluding carboxylic acids is 2. The van der Waals surface area contributed by atoms with Crippen molar-refractivity contribution in [3.8, 4) is 0 Å². The van der Waals surface area contributed by atoms with Crippen LogP contribution in [0.5, 0.6) is 0 Å². The summed E-state index contributed by atoms with van der Waals surface area (Å²) in [7, 11) is -2.37. The molecule has 202 valence electrons. The van der Waals surface area contributed by atoms with Gasteiger partial charge in [-0.2, -0.15) is 0 Å². The lowest BCUT2D eigenvalue weighted by Gasteiger charge is -2.31. The van der Waals surface area contributed by atoms with Crippen molar-refractivity contribution < 1.29 is 26.8 Å². The summed E-state index contributed by atoms with van der Waals surface area (Å²) < 4.78 is 54.6. The molecule has 3 aromatic rings. The van der Waals surface area contributed by atoms with Crippen LogP contribution in [0, 0.1) is 11.6 Å². The average Bonchev–Trinajstić information content (AvgIpc) is 2.89. The van der Waals surface area contributed by atoms with E-state index in [1.807, 2.05) is 30.3 Å². The highest BCUT2D eigenvalue weighted by atomic mass is 32.2. The summed E-state index contributed by atoms with van der Waals surface area (Å²) >= 11 is 0. The Bertz CT molecular complexity index is 1350. The maximum atomic E-state index is 14.6. The van der Waals surface area contributed by atoms with Crippen molar-refractivity contribution in [2.75, 3.05) is 24.2 Å². The quantitative estimate of drug-likeness (QED) is 0.376. The number of rotatable bonds is 12. The Morgan fingerprint density at radius 2 is 1.50 bits per heavy atom. The van der Waals surface area contributed by atoms with Gasteiger partial charge in [0.05, 0.1) is 11.9 Å². The first kappa shape index (κ1) is 28.8. The minimum atomic E-state index is -3.83. The van der Waals surface area contributed by atoms with Crippen LogP contribution in [-0.2, 0) is 32.6 Å². The molecule has 0 bridgehead atoms. The molecule has 0 radical (unpaired) electrons. The molecule has 38 heavy (non-hydrogen) atoms. The Morgan fingerprint density at radius 1 is 0.895 bits per heavy atom. The molecule has 10 heteroatoms. The topological polar surface area (TPSA) is 86.8 Å². The van der Waals surface area contributed by atoms with E-state index in [4.69, 9.17) is 0 Å². The molecule has 0 saturated heterocycles. The van der Waals surface area contributed by atoms with E-state index >= 15 is 0 Å². The SMILES string of the molecule is CNC(=O)C(Cc1ccccc1)N(Cc1ccccc1F)C(=O)CCCN(c1ccccc1F)S(C)(=O)=O. The summed E-state index contributed by atoms with van der Waals surface area (Å²) in [4.78, 5) is 27.8. The van der Waals surface area contributed by atoms with Crippen molar-refractivity contribution in [3.05, 3.63) is 102 Å². The van der Waals surface area contributed by atoms with E-state index in [9.17, 15) is 26.8 Å². The number of likely N-dealkylation sites (N-methyl/N-ethyl adjacent to an activating group) is 1. The van der Waals surface area contributed by atoms with Gasteiger partial charge in [0.2, 0.25) is 21.8 Å². The zero-order chi connectivity index (χ0) is 27.7. The van der Waals surface area contributed by atoms with Gasteiger partial charge in [-0.15, -0.1) is 0 Å². The van der Waals surface area contributed by atoms with Crippen molar-refractivity contribution in [2.24, 2.45) is 0 Å². The van der Waals surface area contributed by atoms with Gasteiger partial charge in [0.1, 0.15) is 17.7 Å².